The highest BCUT2D eigenvalue weighted by Gasteiger charge is 2.17. The minimum atomic E-state index is 0.916. The van der Waals surface area contributed by atoms with E-state index in [2.05, 4.69) is 41.4 Å². The fourth-order valence-electron chi connectivity index (χ4n) is 2.53. The maximum Gasteiger partial charge on any atom is 0.00579 e. The Morgan fingerprint density at radius 2 is 2.18 bits per heavy atom. The zero-order chi connectivity index (χ0) is 12.1. The lowest BCUT2D eigenvalue weighted by molar-refractivity contribution is 0.177. The highest BCUT2D eigenvalue weighted by Crippen LogP contribution is 2.17. The fraction of sp³-hybridized carbons (Fsp3) is 0.714. The highest BCUT2D eigenvalue weighted by molar-refractivity contribution is 7.09. The SMILES string of the molecule is CN1CCC(CN(C)CCc2cccs2)CC1. The van der Waals surface area contributed by atoms with Crippen LogP contribution in [0.2, 0.25) is 0 Å². The van der Waals surface area contributed by atoms with Gasteiger partial charge in [-0.3, -0.25) is 0 Å². The Balaban J connectivity index is 1.65. The van der Waals surface area contributed by atoms with Crippen LogP contribution in [0.3, 0.4) is 0 Å². The second kappa shape index (κ2) is 6.53. The van der Waals surface area contributed by atoms with Gasteiger partial charge in [0.05, 0.1) is 0 Å². The van der Waals surface area contributed by atoms with Crippen molar-refractivity contribution in [3.05, 3.63) is 22.4 Å². The average molecular weight is 252 g/mol. The molecule has 0 amide bonds. The first-order valence-electron chi connectivity index (χ1n) is 6.63. The van der Waals surface area contributed by atoms with E-state index in [-0.39, 0.29) is 0 Å². The van der Waals surface area contributed by atoms with Gasteiger partial charge in [-0.2, -0.15) is 0 Å². The third-order valence-corrected chi connectivity index (χ3v) is 4.66. The minimum Gasteiger partial charge on any atom is -0.306 e. The van der Waals surface area contributed by atoms with Gasteiger partial charge in [0.15, 0.2) is 0 Å². The van der Waals surface area contributed by atoms with E-state index in [1.54, 1.807) is 0 Å². The molecule has 1 aromatic rings. The monoisotopic (exact) mass is 252 g/mol. The topological polar surface area (TPSA) is 6.48 Å². The zero-order valence-corrected chi connectivity index (χ0v) is 11.9. The molecule has 1 saturated heterocycles. The fourth-order valence-corrected chi connectivity index (χ4v) is 3.23. The molecule has 0 saturated carbocycles. The molecule has 1 aliphatic rings. The summed E-state index contributed by atoms with van der Waals surface area (Å²) < 4.78 is 0. The Morgan fingerprint density at radius 1 is 1.41 bits per heavy atom. The maximum absolute atomic E-state index is 2.51. The van der Waals surface area contributed by atoms with Gasteiger partial charge in [-0.05, 0) is 63.8 Å². The van der Waals surface area contributed by atoms with Crippen LogP contribution in [0.1, 0.15) is 17.7 Å². The van der Waals surface area contributed by atoms with Crippen LogP contribution in [0.5, 0.6) is 0 Å². The minimum absolute atomic E-state index is 0.916. The number of piperidine rings is 1. The number of thiophene rings is 1. The predicted molar refractivity (Wildman–Crippen MR) is 75.7 cm³/mol. The van der Waals surface area contributed by atoms with E-state index in [9.17, 15) is 0 Å². The smallest absolute Gasteiger partial charge is 0.00579 e. The summed E-state index contributed by atoms with van der Waals surface area (Å²) in [5.74, 6) is 0.916. The van der Waals surface area contributed by atoms with Crippen molar-refractivity contribution in [1.82, 2.24) is 9.80 Å². The molecule has 17 heavy (non-hydrogen) atoms. The molecule has 0 aliphatic carbocycles. The molecule has 1 aromatic heterocycles. The largest absolute Gasteiger partial charge is 0.306 e. The normalized spacial score (nSPS) is 19.0. The van der Waals surface area contributed by atoms with Gasteiger partial charge in [0.1, 0.15) is 0 Å². The van der Waals surface area contributed by atoms with Crippen molar-refractivity contribution in [3.63, 3.8) is 0 Å². The number of hydrogen-bond acceptors (Lipinski definition) is 3. The van der Waals surface area contributed by atoms with Crippen LogP contribution in [-0.4, -0.2) is 50.1 Å². The molecule has 0 aromatic carbocycles. The predicted octanol–water partition coefficient (Wildman–Crippen LogP) is 2.56. The van der Waals surface area contributed by atoms with Crippen molar-refractivity contribution in [1.29, 1.82) is 0 Å². The average Bonchev–Trinajstić information content (AvgIpc) is 2.83. The molecule has 0 unspecified atom stereocenters. The highest BCUT2D eigenvalue weighted by atomic mass is 32.1. The number of likely N-dealkylation sites (tertiary alicyclic amines) is 1. The van der Waals surface area contributed by atoms with Crippen LogP contribution in [0.15, 0.2) is 17.5 Å². The molecule has 3 heteroatoms. The zero-order valence-electron chi connectivity index (χ0n) is 11.1. The lowest BCUT2D eigenvalue weighted by Crippen LogP contribution is -2.36. The summed E-state index contributed by atoms with van der Waals surface area (Å²) in [7, 11) is 4.50. The Bertz CT molecular complexity index is 302. The van der Waals surface area contributed by atoms with Crippen LogP contribution in [0.4, 0.5) is 0 Å². The van der Waals surface area contributed by atoms with Gasteiger partial charge < -0.3 is 9.80 Å². The molecule has 0 bridgehead atoms. The Morgan fingerprint density at radius 3 is 2.82 bits per heavy atom. The molecule has 96 valence electrons. The Kier molecular flexibility index (Phi) is 5.01. The van der Waals surface area contributed by atoms with Crippen LogP contribution >= 0.6 is 11.3 Å². The molecule has 2 nitrogen and oxygen atoms in total. The maximum atomic E-state index is 2.51. The van der Waals surface area contributed by atoms with E-state index in [0.717, 1.165) is 5.92 Å². The summed E-state index contributed by atoms with van der Waals surface area (Å²) in [6, 6.07) is 4.39. The third-order valence-electron chi connectivity index (χ3n) is 3.73. The van der Waals surface area contributed by atoms with Crippen molar-refractivity contribution >= 4 is 11.3 Å². The van der Waals surface area contributed by atoms with E-state index < -0.39 is 0 Å². The van der Waals surface area contributed by atoms with Crippen molar-refractivity contribution in [2.75, 3.05) is 40.3 Å². The second-order valence-electron chi connectivity index (χ2n) is 5.34. The van der Waals surface area contributed by atoms with Crippen molar-refractivity contribution in [2.45, 2.75) is 19.3 Å². The standard InChI is InChI=1S/C14H24N2S/c1-15-8-5-13(6-9-15)12-16(2)10-7-14-4-3-11-17-14/h3-4,11,13H,5-10,12H2,1-2H3. The summed E-state index contributed by atoms with van der Waals surface area (Å²) in [5.41, 5.74) is 0. The van der Waals surface area contributed by atoms with Gasteiger partial charge in [-0.25, -0.2) is 0 Å². The molecule has 2 heterocycles. The van der Waals surface area contributed by atoms with Gasteiger partial charge in [0.2, 0.25) is 0 Å². The summed E-state index contributed by atoms with van der Waals surface area (Å²) in [4.78, 5) is 6.47. The number of likely N-dealkylation sites (N-methyl/N-ethyl adjacent to an activating group) is 1. The lowest BCUT2D eigenvalue weighted by atomic mass is 9.96. The quantitative estimate of drug-likeness (QED) is 0.795. The Labute approximate surface area is 109 Å². The first-order valence-corrected chi connectivity index (χ1v) is 7.51. The van der Waals surface area contributed by atoms with E-state index in [0.29, 0.717) is 0 Å². The first kappa shape index (κ1) is 13.1. The van der Waals surface area contributed by atoms with E-state index in [1.807, 2.05) is 11.3 Å². The van der Waals surface area contributed by atoms with Crippen LogP contribution < -0.4 is 0 Å². The van der Waals surface area contributed by atoms with Gasteiger partial charge >= 0.3 is 0 Å². The molecule has 0 radical (unpaired) electrons. The van der Waals surface area contributed by atoms with Crippen LogP contribution in [-0.2, 0) is 6.42 Å². The first-order chi connectivity index (χ1) is 8.24. The summed E-state index contributed by atoms with van der Waals surface area (Å²) in [6.45, 7) is 5.04. The van der Waals surface area contributed by atoms with E-state index in [1.165, 1.54) is 50.3 Å². The van der Waals surface area contributed by atoms with E-state index >= 15 is 0 Å². The molecular formula is C14H24N2S. The van der Waals surface area contributed by atoms with Crippen LogP contribution in [0.25, 0.3) is 0 Å². The second-order valence-corrected chi connectivity index (χ2v) is 6.37. The summed E-state index contributed by atoms with van der Waals surface area (Å²) in [6.07, 6.45) is 3.96. The van der Waals surface area contributed by atoms with Gasteiger partial charge in [0, 0.05) is 18.0 Å². The van der Waals surface area contributed by atoms with Crippen molar-refractivity contribution in [2.24, 2.45) is 5.92 Å². The molecule has 0 spiro atoms. The number of nitrogens with zero attached hydrogens (tertiary/aromatic N) is 2. The number of rotatable bonds is 5. The van der Waals surface area contributed by atoms with Gasteiger partial charge in [0.25, 0.3) is 0 Å². The molecular weight excluding hydrogens is 228 g/mol. The van der Waals surface area contributed by atoms with Crippen molar-refractivity contribution in [3.8, 4) is 0 Å². The van der Waals surface area contributed by atoms with E-state index in [4.69, 9.17) is 0 Å². The molecule has 0 N–H and O–H groups in total. The molecule has 2 rings (SSSR count). The number of hydrogen-bond donors (Lipinski definition) is 0. The van der Waals surface area contributed by atoms with Gasteiger partial charge in [-0.1, -0.05) is 6.07 Å². The summed E-state index contributed by atoms with van der Waals surface area (Å²) in [5, 5.41) is 2.17. The lowest BCUT2D eigenvalue weighted by Gasteiger charge is -2.31. The Hall–Kier alpha value is -0.380. The summed E-state index contributed by atoms with van der Waals surface area (Å²) >= 11 is 1.88. The molecule has 1 aliphatic heterocycles. The third kappa shape index (κ3) is 4.41. The van der Waals surface area contributed by atoms with Crippen LogP contribution in [0, 0.1) is 5.92 Å². The van der Waals surface area contributed by atoms with Crippen molar-refractivity contribution < 1.29 is 0 Å². The molecule has 1 fully saturated rings. The van der Waals surface area contributed by atoms with Gasteiger partial charge in [-0.15, -0.1) is 11.3 Å². The molecule has 0 atom stereocenters.